The van der Waals surface area contributed by atoms with E-state index in [4.69, 9.17) is 10.5 Å². The Bertz CT molecular complexity index is 641. The second-order valence-electron chi connectivity index (χ2n) is 3.92. The highest BCUT2D eigenvalue weighted by Gasteiger charge is 2.05. The molecule has 2 aromatic rings. The highest BCUT2D eigenvalue weighted by Crippen LogP contribution is 2.17. The summed E-state index contributed by atoms with van der Waals surface area (Å²) < 4.78 is 32.4. The van der Waals surface area contributed by atoms with Gasteiger partial charge in [-0.15, -0.1) is 0 Å². The molecule has 0 amide bonds. The van der Waals surface area contributed by atoms with Gasteiger partial charge in [-0.3, -0.25) is 4.79 Å². The van der Waals surface area contributed by atoms with Crippen molar-refractivity contribution in [2.45, 2.75) is 6.54 Å². The van der Waals surface area contributed by atoms with Crippen molar-refractivity contribution in [2.75, 3.05) is 12.3 Å². The van der Waals surface area contributed by atoms with Crippen LogP contribution in [0, 0.1) is 11.6 Å². The predicted molar refractivity (Wildman–Crippen MR) is 67.0 cm³/mol. The number of anilines is 1. The Kier molecular flexibility index (Phi) is 3.79. The third kappa shape index (κ3) is 3.31. The summed E-state index contributed by atoms with van der Waals surface area (Å²) in [5.41, 5.74) is 5.78. The Hall–Kier alpha value is -2.37. The van der Waals surface area contributed by atoms with Crippen LogP contribution in [0.5, 0.6) is 5.75 Å². The molecule has 0 aliphatic rings. The number of hydrogen-bond donors (Lipinski definition) is 1. The molecule has 1 aromatic carbocycles. The molecule has 0 aliphatic carbocycles. The number of benzene rings is 1. The van der Waals surface area contributed by atoms with Crippen LogP contribution in [-0.2, 0) is 6.54 Å². The molecule has 0 radical (unpaired) electrons. The fourth-order valence-corrected chi connectivity index (χ4v) is 1.57. The van der Waals surface area contributed by atoms with Crippen LogP contribution in [-0.4, -0.2) is 11.2 Å². The van der Waals surface area contributed by atoms with Crippen LogP contribution in [0.4, 0.5) is 14.5 Å². The van der Waals surface area contributed by atoms with Crippen LogP contribution < -0.4 is 16.0 Å². The van der Waals surface area contributed by atoms with Crippen molar-refractivity contribution in [3.05, 3.63) is 58.5 Å². The van der Waals surface area contributed by atoms with Gasteiger partial charge in [0.2, 0.25) is 0 Å². The molecule has 1 aromatic heterocycles. The minimum atomic E-state index is -0.778. The largest absolute Gasteiger partial charge is 0.489 e. The number of ether oxygens (including phenoxy) is 1. The molecule has 1 heterocycles. The Morgan fingerprint density at radius 3 is 2.74 bits per heavy atom. The quantitative estimate of drug-likeness (QED) is 0.917. The van der Waals surface area contributed by atoms with E-state index in [1.165, 1.54) is 29.0 Å². The maximum absolute atomic E-state index is 13.3. The first-order valence-electron chi connectivity index (χ1n) is 5.60. The van der Waals surface area contributed by atoms with Gasteiger partial charge in [-0.05, 0) is 18.2 Å². The molecule has 0 bridgehead atoms. The molecule has 0 spiro atoms. The molecule has 6 heteroatoms. The van der Waals surface area contributed by atoms with Gasteiger partial charge >= 0.3 is 0 Å². The zero-order valence-corrected chi connectivity index (χ0v) is 9.98. The molecular formula is C13H12F2N2O2. The van der Waals surface area contributed by atoms with Gasteiger partial charge < -0.3 is 15.0 Å². The second kappa shape index (κ2) is 5.51. The van der Waals surface area contributed by atoms with Crippen LogP contribution >= 0.6 is 0 Å². The van der Waals surface area contributed by atoms with Crippen molar-refractivity contribution in [3.63, 3.8) is 0 Å². The highest BCUT2D eigenvalue weighted by molar-refractivity contribution is 5.33. The fraction of sp³-hybridized carbons (Fsp3) is 0.154. The van der Waals surface area contributed by atoms with Gasteiger partial charge in [0.15, 0.2) is 11.6 Å². The first-order chi connectivity index (χ1) is 9.06. The topological polar surface area (TPSA) is 57.2 Å². The lowest BCUT2D eigenvalue weighted by Crippen LogP contribution is -2.22. The number of hydrogen-bond acceptors (Lipinski definition) is 3. The number of nitrogens with zero attached hydrogens (tertiary/aromatic N) is 1. The number of rotatable bonds is 4. The van der Waals surface area contributed by atoms with E-state index < -0.39 is 11.6 Å². The van der Waals surface area contributed by atoms with Crippen molar-refractivity contribution in [2.24, 2.45) is 0 Å². The van der Waals surface area contributed by atoms with Crippen LogP contribution in [0.25, 0.3) is 0 Å². The lowest BCUT2D eigenvalue weighted by molar-refractivity contribution is 0.282. The molecule has 0 fully saturated rings. The van der Waals surface area contributed by atoms with E-state index in [-0.39, 0.29) is 24.5 Å². The van der Waals surface area contributed by atoms with E-state index in [0.717, 1.165) is 12.1 Å². The highest BCUT2D eigenvalue weighted by atomic mass is 19.1. The van der Waals surface area contributed by atoms with Crippen LogP contribution in [0.15, 0.2) is 41.3 Å². The molecule has 0 saturated carbocycles. The van der Waals surface area contributed by atoms with Crippen molar-refractivity contribution < 1.29 is 13.5 Å². The zero-order chi connectivity index (χ0) is 13.8. The maximum atomic E-state index is 13.3. The minimum Gasteiger partial charge on any atom is -0.489 e. The summed E-state index contributed by atoms with van der Waals surface area (Å²) >= 11 is 0. The van der Waals surface area contributed by atoms with Gasteiger partial charge in [0.05, 0.1) is 6.54 Å². The molecular weight excluding hydrogens is 254 g/mol. The van der Waals surface area contributed by atoms with Crippen molar-refractivity contribution in [1.29, 1.82) is 0 Å². The van der Waals surface area contributed by atoms with Crippen molar-refractivity contribution in [3.8, 4) is 5.75 Å². The number of aromatic nitrogens is 1. The van der Waals surface area contributed by atoms with E-state index in [0.29, 0.717) is 5.69 Å². The standard InChI is InChI=1S/C13H12F2N2O2/c14-9-1-3-12(11(15)7-9)19-6-5-17-8-10(16)2-4-13(17)18/h1-4,7-8H,5-6,16H2. The van der Waals surface area contributed by atoms with Crippen molar-refractivity contribution >= 4 is 5.69 Å². The summed E-state index contributed by atoms with van der Waals surface area (Å²) in [6, 6.07) is 5.88. The summed E-state index contributed by atoms with van der Waals surface area (Å²) in [4.78, 5) is 11.5. The van der Waals surface area contributed by atoms with E-state index in [1.807, 2.05) is 0 Å². The normalized spacial score (nSPS) is 10.4. The summed E-state index contributed by atoms with van der Waals surface area (Å²) in [6.45, 7) is 0.298. The van der Waals surface area contributed by atoms with E-state index in [2.05, 4.69) is 0 Å². The van der Waals surface area contributed by atoms with Crippen LogP contribution in [0.1, 0.15) is 0 Å². The summed E-state index contributed by atoms with van der Waals surface area (Å²) in [6.07, 6.45) is 1.48. The first kappa shape index (κ1) is 13.1. The summed E-state index contributed by atoms with van der Waals surface area (Å²) in [7, 11) is 0. The SMILES string of the molecule is Nc1ccc(=O)n(CCOc2ccc(F)cc2F)c1. The van der Waals surface area contributed by atoms with E-state index >= 15 is 0 Å². The molecule has 0 atom stereocenters. The average Bonchev–Trinajstić information content (AvgIpc) is 2.36. The fourth-order valence-electron chi connectivity index (χ4n) is 1.57. The molecule has 4 nitrogen and oxygen atoms in total. The molecule has 0 unspecified atom stereocenters. The Labute approximate surface area is 108 Å². The smallest absolute Gasteiger partial charge is 0.250 e. The minimum absolute atomic E-state index is 0.0571. The van der Waals surface area contributed by atoms with Gasteiger partial charge in [0, 0.05) is 24.0 Å². The Morgan fingerprint density at radius 2 is 2.00 bits per heavy atom. The molecule has 0 aliphatic heterocycles. The van der Waals surface area contributed by atoms with Gasteiger partial charge in [-0.1, -0.05) is 0 Å². The van der Waals surface area contributed by atoms with E-state index in [9.17, 15) is 13.6 Å². The molecule has 100 valence electrons. The van der Waals surface area contributed by atoms with Gasteiger partial charge in [0.1, 0.15) is 12.4 Å². The predicted octanol–water partition coefficient (Wildman–Crippen LogP) is 1.79. The number of halogens is 2. The Balaban J connectivity index is 2.00. The zero-order valence-electron chi connectivity index (χ0n) is 9.98. The van der Waals surface area contributed by atoms with Crippen LogP contribution in [0.3, 0.4) is 0 Å². The van der Waals surface area contributed by atoms with E-state index in [1.54, 1.807) is 0 Å². The van der Waals surface area contributed by atoms with Gasteiger partial charge in [-0.25, -0.2) is 8.78 Å². The summed E-state index contributed by atoms with van der Waals surface area (Å²) in [5.74, 6) is -1.50. The first-order valence-corrected chi connectivity index (χ1v) is 5.60. The lowest BCUT2D eigenvalue weighted by Gasteiger charge is -2.09. The number of pyridine rings is 1. The van der Waals surface area contributed by atoms with Gasteiger partial charge in [0.25, 0.3) is 5.56 Å². The number of nitrogens with two attached hydrogens (primary N) is 1. The van der Waals surface area contributed by atoms with Crippen molar-refractivity contribution in [1.82, 2.24) is 4.57 Å². The summed E-state index contributed by atoms with van der Waals surface area (Å²) in [5, 5.41) is 0. The van der Waals surface area contributed by atoms with Gasteiger partial charge in [-0.2, -0.15) is 0 Å². The van der Waals surface area contributed by atoms with Crippen LogP contribution in [0.2, 0.25) is 0 Å². The third-order valence-electron chi connectivity index (χ3n) is 2.49. The lowest BCUT2D eigenvalue weighted by atomic mass is 10.3. The molecule has 0 saturated heterocycles. The molecule has 19 heavy (non-hydrogen) atoms. The Morgan fingerprint density at radius 1 is 1.21 bits per heavy atom. The average molecular weight is 266 g/mol. The monoisotopic (exact) mass is 266 g/mol. The third-order valence-corrected chi connectivity index (χ3v) is 2.49. The second-order valence-corrected chi connectivity index (χ2v) is 3.92. The molecule has 2 N–H and O–H groups in total. The number of nitrogen functional groups attached to an aromatic ring is 1. The molecule has 2 rings (SSSR count). The maximum Gasteiger partial charge on any atom is 0.250 e.